The third kappa shape index (κ3) is 2.43. The molecule has 0 bridgehead atoms. The Hall–Kier alpha value is -1.76. The number of hydrogen-bond acceptors (Lipinski definition) is 1. The van der Waals surface area contributed by atoms with Gasteiger partial charge < -0.3 is 5.32 Å². The van der Waals surface area contributed by atoms with Crippen molar-refractivity contribution in [2.75, 3.05) is 5.32 Å². The van der Waals surface area contributed by atoms with Crippen molar-refractivity contribution in [3.8, 4) is 0 Å². The minimum Gasteiger partial charge on any atom is -0.355 e. The first-order valence-corrected chi connectivity index (χ1v) is 5.56. The number of hydrogen-bond donors (Lipinski definition) is 1. The second-order valence-corrected chi connectivity index (χ2v) is 4.31. The van der Waals surface area contributed by atoms with E-state index in [0.717, 1.165) is 5.69 Å². The molecule has 1 nitrogen and oxygen atoms in total. The maximum Gasteiger partial charge on any atom is 0.0414 e. The van der Waals surface area contributed by atoms with E-state index in [9.17, 15) is 0 Å². The third-order valence-corrected chi connectivity index (χ3v) is 2.68. The Kier molecular flexibility index (Phi) is 2.95. The van der Waals surface area contributed by atoms with Gasteiger partial charge in [-0.15, -0.1) is 0 Å². The van der Waals surface area contributed by atoms with Crippen LogP contribution >= 0.6 is 0 Å². The summed E-state index contributed by atoms with van der Waals surface area (Å²) in [5.74, 6) is 0. The van der Waals surface area contributed by atoms with Crippen LogP contribution in [0.15, 0.2) is 42.5 Å². The summed E-state index contributed by atoms with van der Waals surface area (Å²) in [7, 11) is 0. The number of aryl methyl sites for hydroxylation is 3. The Morgan fingerprint density at radius 2 is 1.56 bits per heavy atom. The fraction of sp³-hybridized carbons (Fsp3) is 0.200. The average Bonchev–Trinajstić information content (AvgIpc) is 2.22. The Bertz CT molecular complexity index is 501. The molecule has 0 unspecified atom stereocenters. The van der Waals surface area contributed by atoms with Gasteiger partial charge in [0.2, 0.25) is 0 Å². The molecule has 1 N–H and O–H groups in total. The van der Waals surface area contributed by atoms with Crippen LogP contribution < -0.4 is 5.32 Å². The summed E-state index contributed by atoms with van der Waals surface area (Å²) in [6, 6.07) is 14.9. The van der Waals surface area contributed by atoms with Gasteiger partial charge in [0, 0.05) is 11.4 Å². The van der Waals surface area contributed by atoms with Gasteiger partial charge in [-0.2, -0.15) is 0 Å². The van der Waals surface area contributed by atoms with Crippen LogP contribution in [0.25, 0.3) is 0 Å². The zero-order valence-electron chi connectivity index (χ0n) is 10.0. The molecular weight excluding hydrogens is 194 g/mol. The fourth-order valence-electron chi connectivity index (χ4n) is 1.83. The Balaban J connectivity index is 2.27. The van der Waals surface area contributed by atoms with Crippen molar-refractivity contribution in [1.82, 2.24) is 0 Å². The van der Waals surface area contributed by atoms with E-state index in [1.807, 2.05) is 0 Å². The van der Waals surface area contributed by atoms with E-state index in [2.05, 4.69) is 68.6 Å². The summed E-state index contributed by atoms with van der Waals surface area (Å²) in [6.07, 6.45) is 0. The normalized spacial score (nSPS) is 10.2. The van der Waals surface area contributed by atoms with Crippen LogP contribution in [0.2, 0.25) is 0 Å². The van der Waals surface area contributed by atoms with Crippen molar-refractivity contribution < 1.29 is 0 Å². The van der Waals surface area contributed by atoms with E-state index in [-0.39, 0.29) is 0 Å². The number of anilines is 2. The summed E-state index contributed by atoms with van der Waals surface area (Å²) in [5.41, 5.74) is 6.17. The Morgan fingerprint density at radius 1 is 0.812 bits per heavy atom. The van der Waals surface area contributed by atoms with Crippen LogP contribution in [-0.4, -0.2) is 0 Å². The second kappa shape index (κ2) is 4.40. The maximum atomic E-state index is 3.44. The minimum absolute atomic E-state index is 1.15. The zero-order chi connectivity index (χ0) is 11.5. The molecule has 0 amide bonds. The molecule has 0 aromatic heterocycles. The van der Waals surface area contributed by atoms with Gasteiger partial charge in [0.05, 0.1) is 0 Å². The molecule has 2 aromatic rings. The lowest BCUT2D eigenvalue weighted by Crippen LogP contribution is -1.93. The number of rotatable bonds is 2. The molecule has 1 heteroatoms. The lowest BCUT2D eigenvalue weighted by molar-refractivity contribution is 1.36. The van der Waals surface area contributed by atoms with E-state index in [1.54, 1.807) is 0 Å². The van der Waals surface area contributed by atoms with Gasteiger partial charge in [0.1, 0.15) is 0 Å². The SMILES string of the molecule is Cc1cccc(Nc2ccc(C)cc2C)c1. The Morgan fingerprint density at radius 3 is 2.25 bits per heavy atom. The molecule has 0 spiro atoms. The lowest BCUT2D eigenvalue weighted by Gasteiger charge is -2.10. The molecule has 0 aliphatic rings. The van der Waals surface area contributed by atoms with Crippen LogP contribution in [0.4, 0.5) is 11.4 Å². The quantitative estimate of drug-likeness (QED) is 0.778. The maximum absolute atomic E-state index is 3.44. The minimum atomic E-state index is 1.15. The summed E-state index contributed by atoms with van der Waals surface area (Å²) < 4.78 is 0. The van der Waals surface area contributed by atoms with Gasteiger partial charge in [-0.05, 0) is 50.1 Å². The van der Waals surface area contributed by atoms with Gasteiger partial charge in [-0.3, -0.25) is 0 Å². The van der Waals surface area contributed by atoms with Crippen LogP contribution in [0.1, 0.15) is 16.7 Å². The van der Waals surface area contributed by atoms with Crippen LogP contribution in [-0.2, 0) is 0 Å². The highest BCUT2D eigenvalue weighted by atomic mass is 14.9. The molecule has 0 saturated heterocycles. The van der Waals surface area contributed by atoms with Crippen LogP contribution in [0, 0.1) is 20.8 Å². The molecule has 0 aliphatic carbocycles. The Labute approximate surface area is 97.1 Å². The molecule has 2 aromatic carbocycles. The van der Waals surface area contributed by atoms with Gasteiger partial charge in [-0.1, -0.05) is 29.8 Å². The van der Waals surface area contributed by atoms with Crippen molar-refractivity contribution in [3.63, 3.8) is 0 Å². The van der Waals surface area contributed by atoms with E-state index in [1.165, 1.54) is 22.4 Å². The monoisotopic (exact) mass is 211 g/mol. The molecule has 82 valence electrons. The highest BCUT2D eigenvalue weighted by Gasteiger charge is 1.99. The van der Waals surface area contributed by atoms with Crippen molar-refractivity contribution in [2.24, 2.45) is 0 Å². The van der Waals surface area contributed by atoms with Crippen molar-refractivity contribution in [2.45, 2.75) is 20.8 Å². The number of nitrogens with one attached hydrogen (secondary N) is 1. The molecule has 2 rings (SSSR count). The van der Waals surface area contributed by atoms with Crippen molar-refractivity contribution in [3.05, 3.63) is 59.2 Å². The van der Waals surface area contributed by atoms with Crippen molar-refractivity contribution in [1.29, 1.82) is 0 Å². The largest absolute Gasteiger partial charge is 0.355 e. The van der Waals surface area contributed by atoms with E-state index in [0.29, 0.717) is 0 Å². The molecule has 0 heterocycles. The molecule has 0 aliphatic heterocycles. The summed E-state index contributed by atoms with van der Waals surface area (Å²) >= 11 is 0. The van der Waals surface area contributed by atoms with Gasteiger partial charge in [0.15, 0.2) is 0 Å². The standard InChI is InChI=1S/C15H17N/c1-11-5-4-6-14(10-11)16-15-8-7-12(2)9-13(15)3/h4-10,16H,1-3H3. The molecule has 0 radical (unpaired) electrons. The van der Waals surface area contributed by atoms with Crippen molar-refractivity contribution >= 4 is 11.4 Å². The summed E-state index contributed by atoms with van der Waals surface area (Å²) in [6.45, 7) is 6.35. The first-order chi connectivity index (χ1) is 7.65. The van der Waals surface area contributed by atoms with Gasteiger partial charge >= 0.3 is 0 Å². The van der Waals surface area contributed by atoms with Crippen LogP contribution in [0.3, 0.4) is 0 Å². The van der Waals surface area contributed by atoms with E-state index < -0.39 is 0 Å². The predicted octanol–water partition coefficient (Wildman–Crippen LogP) is 4.36. The lowest BCUT2D eigenvalue weighted by atomic mass is 10.1. The number of benzene rings is 2. The molecule has 0 saturated carbocycles. The summed E-state index contributed by atoms with van der Waals surface area (Å²) in [5, 5.41) is 3.44. The molecular formula is C15H17N. The highest BCUT2D eigenvalue weighted by molar-refractivity contribution is 5.63. The third-order valence-electron chi connectivity index (χ3n) is 2.68. The van der Waals surface area contributed by atoms with Gasteiger partial charge in [-0.25, -0.2) is 0 Å². The van der Waals surface area contributed by atoms with Gasteiger partial charge in [0.25, 0.3) is 0 Å². The topological polar surface area (TPSA) is 12.0 Å². The summed E-state index contributed by atoms with van der Waals surface area (Å²) in [4.78, 5) is 0. The van der Waals surface area contributed by atoms with Crippen LogP contribution in [0.5, 0.6) is 0 Å². The first-order valence-electron chi connectivity index (χ1n) is 5.56. The van der Waals surface area contributed by atoms with E-state index >= 15 is 0 Å². The average molecular weight is 211 g/mol. The highest BCUT2D eigenvalue weighted by Crippen LogP contribution is 2.21. The molecule has 0 atom stereocenters. The molecule has 16 heavy (non-hydrogen) atoms. The second-order valence-electron chi connectivity index (χ2n) is 4.31. The fourth-order valence-corrected chi connectivity index (χ4v) is 1.83. The zero-order valence-corrected chi connectivity index (χ0v) is 10.0. The first kappa shape index (κ1) is 10.7. The van der Waals surface area contributed by atoms with E-state index in [4.69, 9.17) is 0 Å². The predicted molar refractivity (Wildman–Crippen MR) is 70.4 cm³/mol. The molecule has 0 fully saturated rings. The smallest absolute Gasteiger partial charge is 0.0414 e.